The smallest absolute Gasteiger partial charge is 0.245 e. The van der Waals surface area contributed by atoms with Crippen LogP contribution in [0, 0.1) is 0 Å². The lowest BCUT2D eigenvalue weighted by atomic mass is 10.1. The number of carbonyl (C=O) groups is 1. The van der Waals surface area contributed by atoms with Gasteiger partial charge in [0.2, 0.25) is 5.91 Å². The van der Waals surface area contributed by atoms with Crippen molar-refractivity contribution in [1.82, 2.24) is 14.5 Å². The number of aromatic nitrogens is 2. The first-order valence-electron chi connectivity index (χ1n) is 6.23. The fourth-order valence-corrected chi connectivity index (χ4v) is 2.34. The zero-order valence-corrected chi connectivity index (χ0v) is 10.3. The van der Waals surface area contributed by atoms with Crippen LogP contribution in [0.5, 0.6) is 0 Å². The van der Waals surface area contributed by atoms with Crippen molar-refractivity contribution in [3.8, 4) is 0 Å². The summed E-state index contributed by atoms with van der Waals surface area (Å²) in [5.74, 6) is 0.178. The van der Waals surface area contributed by atoms with Gasteiger partial charge in [-0.1, -0.05) is 0 Å². The summed E-state index contributed by atoms with van der Waals surface area (Å²) in [6, 6.07) is -0.200. The quantitative estimate of drug-likeness (QED) is 0.848. The van der Waals surface area contributed by atoms with E-state index in [2.05, 4.69) is 4.98 Å². The Morgan fingerprint density at radius 3 is 2.82 bits per heavy atom. The molecule has 1 atom stereocenters. The highest BCUT2D eigenvalue weighted by atomic mass is 16.2. The van der Waals surface area contributed by atoms with E-state index >= 15 is 0 Å². The van der Waals surface area contributed by atoms with E-state index in [9.17, 15) is 4.79 Å². The van der Waals surface area contributed by atoms with Gasteiger partial charge in [-0.3, -0.25) is 4.79 Å². The number of imidazole rings is 1. The molecule has 1 unspecified atom stereocenters. The fourth-order valence-electron chi connectivity index (χ4n) is 2.34. The number of hydrogen-bond donors (Lipinski definition) is 1. The van der Waals surface area contributed by atoms with Crippen molar-refractivity contribution >= 4 is 5.91 Å². The normalized spacial score (nSPS) is 18.1. The predicted octanol–water partition coefficient (Wildman–Crippen LogP) is 0.915. The van der Waals surface area contributed by atoms with Gasteiger partial charge in [0.05, 0.1) is 12.0 Å². The molecule has 0 radical (unpaired) electrons. The van der Waals surface area contributed by atoms with Crippen LogP contribution < -0.4 is 5.73 Å². The zero-order valence-electron chi connectivity index (χ0n) is 10.3. The summed E-state index contributed by atoms with van der Waals surface area (Å²) in [7, 11) is 0. The van der Waals surface area contributed by atoms with Crippen molar-refractivity contribution in [2.45, 2.75) is 38.8 Å². The molecule has 94 valence electrons. The van der Waals surface area contributed by atoms with Crippen molar-refractivity contribution in [1.29, 1.82) is 0 Å². The molecule has 1 aliphatic heterocycles. The molecular formula is C12H20N4O. The standard InChI is InChI=1S/C12H20N4O/c1-10(16-9-14-8-11(16)7-13)12(17)15-5-3-2-4-6-15/h8-10H,2-7,13H2,1H3. The van der Waals surface area contributed by atoms with Crippen molar-refractivity contribution < 1.29 is 4.79 Å². The lowest BCUT2D eigenvalue weighted by Gasteiger charge is -2.30. The van der Waals surface area contributed by atoms with Crippen LogP contribution in [0.15, 0.2) is 12.5 Å². The number of likely N-dealkylation sites (tertiary alicyclic amines) is 1. The van der Waals surface area contributed by atoms with E-state index in [0.717, 1.165) is 31.6 Å². The Kier molecular flexibility index (Phi) is 3.78. The van der Waals surface area contributed by atoms with Gasteiger partial charge in [-0.05, 0) is 26.2 Å². The van der Waals surface area contributed by atoms with Gasteiger partial charge in [0.1, 0.15) is 6.04 Å². The van der Waals surface area contributed by atoms with Gasteiger partial charge in [-0.2, -0.15) is 0 Å². The summed E-state index contributed by atoms with van der Waals surface area (Å²) in [6.45, 7) is 4.10. The average molecular weight is 236 g/mol. The summed E-state index contributed by atoms with van der Waals surface area (Å²) >= 11 is 0. The number of piperidine rings is 1. The molecule has 1 aromatic rings. The highest BCUT2D eigenvalue weighted by Crippen LogP contribution is 2.17. The molecule has 1 fully saturated rings. The maximum atomic E-state index is 12.3. The number of hydrogen-bond acceptors (Lipinski definition) is 3. The van der Waals surface area contributed by atoms with E-state index in [1.54, 1.807) is 12.5 Å². The summed E-state index contributed by atoms with van der Waals surface area (Å²) < 4.78 is 1.87. The molecule has 1 saturated heterocycles. The van der Waals surface area contributed by atoms with E-state index in [-0.39, 0.29) is 11.9 Å². The third-order valence-corrected chi connectivity index (χ3v) is 3.40. The third kappa shape index (κ3) is 2.49. The molecule has 2 rings (SSSR count). The van der Waals surface area contributed by atoms with Gasteiger partial charge >= 0.3 is 0 Å². The molecule has 1 amide bonds. The third-order valence-electron chi connectivity index (χ3n) is 3.40. The van der Waals surface area contributed by atoms with Gasteiger partial charge in [0.15, 0.2) is 0 Å². The Balaban J connectivity index is 2.08. The lowest BCUT2D eigenvalue weighted by molar-refractivity contribution is -0.135. The van der Waals surface area contributed by atoms with Crippen LogP contribution in [0.25, 0.3) is 0 Å². The minimum Gasteiger partial charge on any atom is -0.341 e. The minimum atomic E-state index is -0.200. The monoisotopic (exact) mass is 236 g/mol. The number of nitrogens with two attached hydrogens (primary N) is 1. The topological polar surface area (TPSA) is 64.2 Å². The summed E-state index contributed by atoms with van der Waals surface area (Å²) in [6.07, 6.45) is 6.88. The van der Waals surface area contributed by atoms with E-state index in [1.807, 2.05) is 16.4 Å². The van der Waals surface area contributed by atoms with Crippen LogP contribution in [0.3, 0.4) is 0 Å². The minimum absolute atomic E-state index is 0.178. The van der Waals surface area contributed by atoms with Gasteiger partial charge in [-0.15, -0.1) is 0 Å². The maximum Gasteiger partial charge on any atom is 0.245 e. The second kappa shape index (κ2) is 5.31. The zero-order chi connectivity index (χ0) is 12.3. The molecule has 2 heterocycles. The Hall–Kier alpha value is -1.36. The number of amides is 1. The summed E-state index contributed by atoms with van der Waals surface area (Å²) in [5.41, 5.74) is 6.53. The van der Waals surface area contributed by atoms with Crippen molar-refractivity contribution in [2.24, 2.45) is 5.73 Å². The number of nitrogens with zero attached hydrogens (tertiary/aromatic N) is 3. The first kappa shape index (κ1) is 12.1. The fraction of sp³-hybridized carbons (Fsp3) is 0.667. The van der Waals surface area contributed by atoms with Crippen molar-refractivity contribution in [3.05, 3.63) is 18.2 Å². The van der Waals surface area contributed by atoms with E-state index in [0.29, 0.717) is 6.54 Å². The molecular weight excluding hydrogens is 216 g/mol. The van der Waals surface area contributed by atoms with Crippen LogP contribution in [-0.4, -0.2) is 33.4 Å². The predicted molar refractivity (Wildman–Crippen MR) is 65.3 cm³/mol. The Morgan fingerprint density at radius 2 is 2.18 bits per heavy atom. The lowest BCUT2D eigenvalue weighted by Crippen LogP contribution is -2.39. The Bertz CT molecular complexity index is 382. The molecule has 2 N–H and O–H groups in total. The first-order chi connectivity index (χ1) is 8.24. The van der Waals surface area contributed by atoms with Gasteiger partial charge in [-0.25, -0.2) is 4.98 Å². The maximum absolute atomic E-state index is 12.3. The Morgan fingerprint density at radius 1 is 1.47 bits per heavy atom. The SMILES string of the molecule is CC(C(=O)N1CCCCC1)n1cncc1CN. The second-order valence-electron chi connectivity index (χ2n) is 4.56. The first-order valence-corrected chi connectivity index (χ1v) is 6.23. The molecule has 1 aliphatic rings. The molecule has 0 spiro atoms. The van der Waals surface area contributed by atoms with E-state index in [4.69, 9.17) is 5.73 Å². The highest BCUT2D eigenvalue weighted by molar-refractivity contribution is 5.80. The van der Waals surface area contributed by atoms with Gasteiger partial charge < -0.3 is 15.2 Å². The molecule has 1 aromatic heterocycles. The second-order valence-corrected chi connectivity index (χ2v) is 4.56. The summed E-state index contributed by atoms with van der Waals surface area (Å²) in [5, 5.41) is 0. The molecule has 0 aliphatic carbocycles. The molecule has 0 aromatic carbocycles. The highest BCUT2D eigenvalue weighted by Gasteiger charge is 2.24. The number of carbonyl (C=O) groups excluding carboxylic acids is 1. The van der Waals surface area contributed by atoms with Gasteiger partial charge in [0.25, 0.3) is 0 Å². The largest absolute Gasteiger partial charge is 0.341 e. The van der Waals surface area contributed by atoms with Crippen LogP contribution >= 0.6 is 0 Å². The van der Waals surface area contributed by atoms with Crippen molar-refractivity contribution in [3.63, 3.8) is 0 Å². The van der Waals surface area contributed by atoms with Crippen LogP contribution in [0.4, 0.5) is 0 Å². The molecule has 17 heavy (non-hydrogen) atoms. The molecule has 5 nitrogen and oxygen atoms in total. The van der Waals surface area contributed by atoms with Gasteiger partial charge in [0, 0.05) is 25.8 Å². The molecule has 0 bridgehead atoms. The average Bonchev–Trinajstić information content (AvgIpc) is 2.86. The van der Waals surface area contributed by atoms with Crippen LogP contribution in [0.1, 0.15) is 37.9 Å². The van der Waals surface area contributed by atoms with E-state index < -0.39 is 0 Å². The van der Waals surface area contributed by atoms with E-state index in [1.165, 1.54) is 6.42 Å². The molecule has 0 saturated carbocycles. The van der Waals surface area contributed by atoms with Crippen molar-refractivity contribution in [2.75, 3.05) is 13.1 Å². The number of rotatable bonds is 3. The molecule has 5 heteroatoms. The van der Waals surface area contributed by atoms with Crippen LogP contribution in [0.2, 0.25) is 0 Å². The van der Waals surface area contributed by atoms with Crippen LogP contribution in [-0.2, 0) is 11.3 Å². The Labute approximate surface area is 102 Å². The summed E-state index contributed by atoms with van der Waals surface area (Å²) in [4.78, 5) is 18.3.